The predicted octanol–water partition coefficient (Wildman–Crippen LogP) is 24.9. The number of para-hydroxylation sites is 4. The molecule has 92 heavy (non-hydrogen) atoms. The summed E-state index contributed by atoms with van der Waals surface area (Å²) in [6.07, 6.45) is 0. The highest BCUT2D eigenvalue weighted by atomic mass is 32.1. The lowest BCUT2D eigenvalue weighted by molar-refractivity contribution is 0.589. The number of thiophene rings is 1. The maximum atomic E-state index is 7.74. The summed E-state index contributed by atoms with van der Waals surface area (Å²) in [7, 11) is -1.87. The number of nitrogens with zero attached hydrogens (tertiary/aromatic N) is 2. The summed E-state index contributed by atoms with van der Waals surface area (Å²) in [5.41, 5.74) is 20.3. The van der Waals surface area contributed by atoms with E-state index in [1.165, 1.54) is 58.7 Å². The number of furan rings is 2. The van der Waals surface area contributed by atoms with E-state index in [0.717, 1.165) is 100 Å². The molecule has 0 radical (unpaired) electrons. The molecule has 4 nitrogen and oxygen atoms in total. The van der Waals surface area contributed by atoms with Gasteiger partial charge in [-0.2, -0.15) is 0 Å². The minimum absolute atomic E-state index is 0.0432. The first-order valence-electron chi connectivity index (χ1n) is 32.8. The molecule has 1 atom stereocenters. The van der Waals surface area contributed by atoms with E-state index >= 15 is 0 Å². The first-order valence-corrected chi connectivity index (χ1v) is 37.1. The van der Waals surface area contributed by atoms with Gasteiger partial charge in [0.05, 0.1) is 30.2 Å². The topological polar surface area (TPSA) is 32.8 Å². The predicted molar refractivity (Wildman–Crippen MR) is 398 cm³/mol. The van der Waals surface area contributed by atoms with Crippen LogP contribution >= 0.6 is 11.3 Å². The molecule has 1 unspecified atom stereocenters. The van der Waals surface area contributed by atoms with Crippen molar-refractivity contribution in [2.45, 2.75) is 130 Å². The van der Waals surface area contributed by atoms with Crippen molar-refractivity contribution in [1.29, 1.82) is 0 Å². The Hall–Kier alpha value is -8.94. The summed E-state index contributed by atoms with van der Waals surface area (Å²) in [5.74, 6) is 0. The fourth-order valence-electron chi connectivity index (χ4n) is 14.7. The SMILES string of the molecule is CC(C)(C)c1ccc(N(c2ccccc2)c2cc3c(c4c2oc2ccccc24)-c2c(cc(N(c4ccccc4)c4ccc(C(C)(C)C)cc4)c4c2oc2ccccc24)C3(c2ccc(C(C)(C)C)cc2)c2ccc3sc4c([Si](C)(C)C)cc(C(C)(C)C)cc4c3c2)cc1. The molecule has 1 aliphatic carbocycles. The molecule has 0 aliphatic heterocycles. The zero-order chi connectivity index (χ0) is 64.2. The van der Waals surface area contributed by atoms with Crippen LogP contribution in [0.25, 0.3) is 75.2 Å². The summed E-state index contributed by atoms with van der Waals surface area (Å²) in [6, 6.07) is 85.1. The van der Waals surface area contributed by atoms with Gasteiger partial charge in [-0.3, -0.25) is 0 Å². The smallest absolute Gasteiger partial charge is 0.160 e. The lowest BCUT2D eigenvalue weighted by atomic mass is 9.66. The molecule has 0 bridgehead atoms. The van der Waals surface area contributed by atoms with Gasteiger partial charge in [0, 0.05) is 70.2 Å². The molecule has 458 valence electrons. The van der Waals surface area contributed by atoms with Gasteiger partial charge in [0.25, 0.3) is 0 Å². The molecule has 3 aromatic heterocycles. The van der Waals surface area contributed by atoms with Gasteiger partial charge in [0.1, 0.15) is 16.7 Å². The molecule has 15 rings (SSSR count). The molecule has 0 spiro atoms. The van der Waals surface area contributed by atoms with Crippen LogP contribution in [0.15, 0.2) is 233 Å². The van der Waals surface area contributed by atoms with Crippen molar-refractivity contribution in [3.63, 3.8) is 0 Å². The Kier molecular flexibility index (Phi) is 13.6. The summed E-state index contributed by atoms with van der Waals surface area (Å²) < 4.78 is 18.0. The minimum atomic E-state index is -1.87. The van der Waals surface area contributed by atoms with Crippen molar-refractivity contribution in [1.82, 2.24) is 0 Å². The fourth-order valence-corrected chi connectivity index (χ4v) is 18.2. The van der Waals surface area contributed by atoms with E-state index in [9.17, 15) is 0 Å². The summed E-state index contributed by atoms with van der Waals surface area (Å²) in [5, 5.41) is 8.35. The van der Waals surface area contributed by atoms with Crippen LogP contribution in [0, 0.1) is 0 Å². The Morgan fingerprint density at radius 2 is 0.793 bits per heavy atom. The number of benzene rings is 11. The molecular weight excluding hydrogens is 1150 g/mol. The Morgan fingerprint density at radius 1 is 0.359 bits per heavy atom. The van der Waals surface area contributed by atoms with Crippen molar-refractivity contribution in [2.75, 3.05) is 9.80 Å². The molecule has 6 heteroatoms. The van der Waals surface area contributed by atoms with Crippen molar-refractivity contribution in [2.24, 2.45) is 0 Å². The van der Waals surface area contributed by atoms with Gasteiger partial charge < -0.3 is 18.6 Å². The second-order valence-corrected chi connectivity index (χ2v) is 37.1. The van der Waals surface area contributed by atoms with Gasteiger partial charge >= 0.3 is 0 Å². The average molecular weight is 1240 g/mol. The first-order chi connectivity index (χ1) is 43.8. The van der Waals surface area contributed by atoms with E-state index in [4.69, 9.17) is 8.83 Å². The summed E-state index contributed by atoms with van der Waals surface area (Å²) in [6.45, 7) is 35.4. The zero-order valence-corrected chi connectivity index (χ0v) is 57.8. The maximum Gasteiger partial charge on any atom is 0.160 e. The van der Waals surface area contributed by atoms with Gasteiger partial charge in [-0.25, -0.2) is 0 Å². The highest BCUT2D eigenvalue weighted by Gasteiger charge is 2.51. The standard InChI is InChI=1S/C86H82N2O2SSi/c1-82(2,3)53-34-36-56(37-35-53)86(57-42-47-73-65(48-57)66-49-58(85(10,11)12)50-74(81(66)91-73)92(13,14)15)67-52-70(88(60-28-20-17-21-29-60)62-45-40-55(41-46-62)84(7,8)9)79-76(64-31-23-25-33-72(64)89-79)77(67)78-68(86)51-69(75-63-30-22-24-32-71(63)90-80(75)78)87(59-26-18-16-19-27-59)61-43-38-54(39-44-61)83(4,5)6/h16-52H,1-15H3. The maximum absolute atomic E-state index is 7.74. The highest BCUT2D eigenvalue weighted by molar-refractivity contribution is 7.27. The number of hydrogen-bond acceptors (Lipinski definition) is 5. The van der Waals surface area contributed by atoms with Gasteiger partial charge in [0.15, 0.2) is 5.58 Å². The van der Waals surface area contributed by atoms with Gasteiger partial charge in [-0.1, -0.05) is 236 Å². The number of fused-ring (bicyclic) bond motifs is 14. The Labute approximate surface area is 547 Å². The van der Waals surface area contributed by atoms with Crippen LogP contribution in [-0.2, 0) is 27.1 Å². The minimum Gasteiger partial charge on any atom is -0.455 e. The Bertz CT molecular complexity index is 5210. The van der Waals surface area contributed by atoms with Crippen molar-refractivity contribution >= 4 is 123 Å². The monoisotopic (exact) mass is 1230 g/mol. The number of hydrogen-bond donors (Lipinski definition) is 0. The summed E-state index contributed by atoms with van der Waals surface area (Å²) >= 11 is 1.97. The number of rotatable bonds is 9. The first kappa shape index (κ1) is 59.4. The van der Waals surface area contributed by atoms with E-state index in [2.05, 4.69) is 337 Å². The molecule has 11 aromatic carbocycles. The summed E-state index contributed by atoms with van der Waals surface area (Å²) in [4.78, 5) is 4.93. The fraction of sp³-hybridized carbons (Fsp3) is 0.233. The zero-order valence-electron chi connectivity index (χ0n) is 56.0. The van der Waals surface area contributed by atoms with Gasteiger partial charge in [-0.15, -0.1) is 11.3 Å². The molecule has 0 saturated carbocycles. The van der Waals surface area contributed by atoms with Gasteiger partial charge in [-0.05, 0) is 162 Å². The molecule has 0 amide bonds. The van der Waals surface area contributed by atoms with Crippen LogP contribution in [0.5, 0.6) is 0 Å². The highest BCUT2D eigenvalue weighted by Crippen LogP contribution is 2.65. The van der Waals surface area contributed by atoms with Crippen LogP contribution < -0.4 is 15.0 Å². The van der Waals surface area contributed by atoms with Crippen LogP contribution in [-0.4, -0.2) is 8.07 Å². The van der Waals surface area contributed by atoms with Crippen molar-refractivity contribution in [3.05, 3.63) is 269 Å². The van der Waals surface area contributed by atoms with E-state index in [1.807, 2.05) is 11.3 Å². The largest absolute Gasteiger partial charge is 0.455 e. The Morgan fingerprint density at radius 3 is 1.32 bits per heavy atom. The quantitative estimate of drug-likeness (QED) is 0.135. The molecule has 0 saturated heterocycles. The van der Waals surface area contributed by atoms with Crippen LogP contribution in [0.3, 0.4) is 0 Å². The molecule has 3 heterocycles. The number of anilines is 6. The molecule has 14 aromatic rings. The molecule has 0 fully saturated rings. The molecular formula is C86H82N2O2SSi. The lowest BCUT2D eigenvalue weighted by Gasteiger charge is -2.36. The normalized spacial score (nSPS) is 14.7. The van der Waals surface area contributed by atoms with Crippen LogP contribution in [0.1, 0.15) is 128 Å². The van der Waals surface area contributed by atoms with Crippen LogP contribution in [0.4, 0.5) is 34.1 Å². The third-order valence-electron chi connectivity index (χ3n) is 19.7. The third-order valence-corrected chi connectivity index (χ3v) is 23.1. The third kappa shape index (κ3) is 9.48. The van der Waals surface area contributed by atoms with E-state index < -0.39 is 13.5 Å². The molecule has 1 aliphatic rings. The second kappa shape index (κ2) is 21.0. The van der Waals surface area contributed by atoms with E-state index in [-0.39, 0.29) is 21.7 Å². The average Bonchev–Trinajstić information content (AvgIpc) is 1.49. The van der Waals surface area contributed by atoms with Crippen molar-refractivity contribution < 1.29 is 8.83 Å². The van der Waals surface area contributed by atoms with E-state index in [0.29, 0.717) is 0 Å². The van der Waals surface area contributed by atoms with Crippen LogP contribution in [0.2, 0.25) is 19.6 Å². The Balaban J connectivity index is 1.18. The molecule has 0 N–H and O–H groups in total. The van der Waals surface area contributed by atoms with Crippen molar-refractivity contribution in [3.8, 4) is 11.1 Å². The second-order valence-electron chi connectivity index (χ2n) is 31.0. The lowest BCUT2D eigenvalue weighted by Crippen LogP contribution is -2.38. The van der Waals surface area contributed by atoms with E-state index in [1.54, 1.807) is 0 Å². The van der Waals surface area contributed by atoms with Gasteiger partial charge in [0.2, 0.25) is 0 Å².